The monoisotopic (exact) mass is 140 g/mol. The van der Waals surface area contributed by atoms with Gasteiger partial charge in [0.05, 0.1) is 12.1 Å². The van der Waals surface area contributed by atoms with Crippen molar-refractivity contribution in [2.24, 2.45) is 0 Å². The lowest BCUT2D eigenvalue weighted by Crippen LogP contribution is -2.35. The summed E-state index contributed by atoms with van der Waals surface area (Å²) in [4.78, 5) is 2.08. The van der Waals surface area contributed by atoms with Crippen LogP contribution in [-0.2, 0) is 0 Å². The van der Waals surface area contributed by atoms with Crippen LogP contribution in [0.25, 0.3) is 0 Å². The Kier molecular flexibility index (Phi) is 4.06. The third-order valence-electron chi connectivity index (χ3n) is 2.08. The van der Waals surface area contributed by atoms with Crippen LogP contribution >= 0.6 is 0 Å². The molecule has 2 heteroatoms. The summed E-state index contributed by atoms with van der Waals surface area (Å²) in [6.45, 7) is 6.19. The highest BCUT2D eigenvalue weighted by Gasteiger charge is 2.12. The zero-order chi connectivity index (χ0) is 8.15. The van der Waals surface area contributed by atoms with Crippen LogP contribution in [0.15, 0.2) is 0 Å². The van der Waals surface area contributed by atoms with Gasteiger partial charge in [-0.15, -0.1) is 0 Å². The van der Waals surface area contributed by atoms with E-state index in [1.165, 1.54) is 0 Å². The first-order chi connectivity index (χ1) is 4.63. The van der Waals surface area contributed by atoms with Gasteiger partial charge >= 0.3 is 0 Å². The maximum absolute atomic E-state index is 8.56. The van der Waals surface area contributed by atoms with E-state index >= 15 is 0 Å². The quantitative estimate of drug-likeness (QED) is 0.595. The van der Waals surface area contributed by atoms with Gasteiger partial charge in [-0.2, -0.15) is 5.26 Å². The molecule has 0 amide bonds. The fourth-order valence-corrected chi connectivity index (χ4v) is 0.761. The minimum atomic E-state index is 0.0370. The number of rotatable bonds is 3. The van der Waals surface area contributed by atoms with Gasteiger partial charge in [-0.05, 0) is 27.3 Å². The van der Waals surface area contributed by atoms with Crippen molar-refractivity contribution >= 4 is 0 Å². The molecule has 0 fully saturated rings. The zero-order valence-corrected chi connectivity index (χ0v) is 7.26. The molecule has 0 N–H and O–H groups in total. The van der Waals surface area contributed by atoms with E-state index in [4.69, 9.17) is 5.26 Å². The Morgan fingerprint density at radius 2 is 2.00 bits per heavy atom. The molecule has 0 aromatic rings. The van der Waals surface area contributed by atoms with Crippen LogP contribution in [-0.4, -0.2) is 24.0 Å². The predicted molar refractivity (Wildman–Crippen MR) is 42.6 cm³/mol. The molecule has 0 aliphatic carbocycles. The van der Waals surface area contributed by atoms with Gasteiger partial charge in [0.2, 0.25) is 0 Å². The summed E-state index contributed by atoms with van der Waals surface area (Å²) < 4.78 is 0. The lowest BCUT2D eigenvalue weighted by atomic mass is 10.2. The molecule has 0 aliphatic rings. The largest absolute Gasteiger partial charge is 0.289 e. The average Bonchev–Trinajstić information content (AvgIpc) is 2.00. The molecule has 10 heavy (non-hydrogen) atoms. The molecule has 0 bridgehead atoms. The van der Waals surface area contributed by atoms with Gasteiger partial charge in [0.25, 0.3) is 0 Å². The summed E-state index contributed by atoms with van der Waals surface area (Å²) in [5.74, 6) is 0. The number of nitrogens with zero attached hydrogens (tertiary/aromatic N) is 2. The van der Waals surface area contributed by atoms with Crippen LogP contribution in [0.4, 0.5) is 0 Å². The van der Waals surface area contributed by atoms with E-state index in [-0.39, 0.29) is 6.04 Å². The molecule has 0 saturated carbocycles. The Bertz CT molecular complexity index is 126. The van der Waals surface area contributed by atoms with Gasteiger partial charge in [-0.1, -0.05) is 6.92 Å². The topological polar surface area (TPSA) is 27.0 Å². The van der Waals surface area contributed by atoms with E-state index in [0.29, 0.717) is 6.04 Å². The summed E-state index contributed by atoms with van der Waals surface area (Å²) in [7, 11) is 1.99. The molecule has 0 rings (SSSR count). The highest BCUT2D eigenvalue weighted by atomic mass is 15.1. The van der Waals surface area contributed by atoms with Crippen molar-refractivity contribution in [2.45, 2.75) is 39.3 Å². The highest BCUT2D eigenvalue weighted by Crippen LogP contribution is 2.03. The van der Waals surface area contributed by atoms with Gasteiger partial charge in [-0.3, -0.25) is 4.90 Å². The van der Waals surface area contributed by atoms with Gasteiger partial charge in [0, 0.05) is 6.04 Å². The van der Waals surface area contributed by atoms with E-state index < -0.39 is 0 Å². The van der Waals surface area contributed by atoms with Crippen molar-refractivity contribution in [2.75, 3.05) is 7.05 Å². The third-order valence-corrected chi connectivity index (χ3v) is 2.08. The first kappa shape index (κ1) is 9.45. The van der Waals surface area contributed by atoms with Gasteiger partial charge in [0.1, 0.15) is 0 Å². The molecule has 0 aromatic carbocycles. The third kappa shape index (κ3) is 2.36. The van der Waals surface area contributed by atoms with Crippen LogP contribution in [0, 0.1) is 11.3 Å². The maximum atomic E-state index is 8.56. The second-order valence-corrected chi connectivity index (χ2v) is 2.73. The summed E-state index contributed by atoms with van der Waals surface area (Å²) in [5.41, 5.74) is 0. The molecule has 0 heterocycles. The standard InChI is InChI=1S/C8H16N2/c1-5-7(2)10(4)8(3)6-9/h7-8H,5H2,1-4H3. The second kappa shape index (κ2) is 4.29. The molecule has 0 radical (unpaired) electrons. The molecule has 0 aliphatic heterocycles. The van der Waals surface area contributed by atoms with Crippen molar-refractivity contribution < 1.29 is 0 Å². The fraction of sp³-hybridized carbons (Fsp3) is 0.875. The average molecular weight is 140 g/mol. The van der Waals surface area contributed by atoms with E-state index in [1.807, 2.05) is 14.0 Å². The Balaban J connectivity index is 3.84. The van der Waals surface area contributed by atoms with Crippen molar-refractivity contribution in [3.05, 3.63) is 0 Å². The van der Waals surface area contributed by atoms with E-state index in [9.17, 15) is 0 Å². The van der Waals surface area contributed by atoms with Crippen LogP contribution in [0.1, 0.15) is 27.2 Å². The smallest absolute Gasteiger partial charge is 0.0949 e. The van der Waals surface area contributed by atoms with Crippen LogP contribution in [0.5, 0.6) is 0 Å². The Morgan fingerprint density at radius 3 is 2.30 bits per heavy atom. The number of hydrogen-bond donors (Lipinski definition) is 0. The second-order valence-electron chi connectivity index (χ2n) is 2.73. The first-order valence-electron chi connectivity index (χ1n) is 3.75. The number of hydrogen-bond acceptors (Lipinski definition) is 2. The molecule has 58 valence electrons. The van der Waals surface area contributed by atoms with Crippen LogP contribution < -0.4 is 0 Å². The summed E-state index contributed by atoms with van der Waals surface area (Å²) in [6.07, 6.45) is 1.10. The maximum Gasteiger partial charge on any atom is 0.0949 e. The molecular formula is C8H16N2. The Morgan fingerprint density at radius 1 is 1.50 bits per heavy atom. The van der Waals surface area contributed by atoms with E-state index in [0.717, 1.165) is 6.42 Å². The van der Waals surface area contributed by atoms with Crippen molar-refractivity contribution in [1.29, 1.82) is 5.26 Å². The molecule has 0 spiro atoms. The lowest BCUT2D eigenvalue weighted by Gasteiger charge is -2.25. The predicted octanol–water partition coefficient (Wildman–Crippen LogP) is 1.63. The van der Waals surface area contributed by atoms with Crippen LogP contribution in [0.2, 0.25) is 0 Å². The highest BCUT2D eigenvalue weighted by molar-refractivity contribution is 4.88. The lowest BCUT2D eigenvalue weighted by molar-refractivity contribution is 0.226. The van der Waals surface area contributed by atoms with Crippen LogP contribution in [0.3, 0.4) is 0 Å². The minimum absolute atomic E-state index is 0.0370. The first-order valence-corrected chi connectivity index (χ1v) is 3.75. The van der Waals surface area contributed by atoms with E-state index in [1.54, 1.807) is 0 Å². The SMILES string of the molecule is CCC(C)N(C)C(C)C#N. The van der Waals surface area contributed by atoms with Crippen molar-refractivity contribution in [3.8, 4) is 6.07 Å². The van der Waals surface area contributed by atoms with Gasteiger partial charge in [-0.25, -0.2) is 0 Å². The summed E-state index contributed by atoms with van der Waals surface area (Å²) in [6, 6.07) is 2.75. The Labute approximate surface area is 63.4 Å². The van der Waals surface area contributed by atoms with Crippen molar-refractivity contribution in [1.82, 2.24) is 4.90 Å². The Hall–Kier alpha value is -0.550. The number of nitriles is 1. The van der Waals surface area contributed by atoms with Crippen molar-refractivity contribution in [3.63, 3.8) is 0 Å². The van der Waals surface area contributed by atoms with Gasteiger partial charge in [0.15, 0.2) is 0 Å². The summed E-state index contributed by atoms with van der Waals surface area (Å²) in [5, 5.41) is 8.56. The fourth-order valence-electron chi connectivity index (χ4n) is 0.761. The molecule has 0 saturated heterocycles. The molecule has 2 unspecified atom stereocenters. The van der Waals surface area contributed by atoms with E-state index in [2.05, 4.69) is 24.8 Å². The summed E-state index contributed by atoms with van der Waals surface area (Å²) >= 11 is 0. The molecule has 2 nitrogen and oxygen atoms in total. The molecule has 2 atom stereocenters. The molecular weight excluding hydrogens is 124 g/mol. The molecule has 0 aromatic heterocycles. The van der Waals surface area contributed by atoms with Gasteiger partial charge < -0.3 is 0 Å². The normalized spacial score (nSPS) is 16.4. The minimum Gasteiger partial charge on any atom is -0.289 e. The zero-order valence-electron chi connectivity index (χ0n) is 7.26.